The van der Waals surface area contributed by atoms with E-state index in [1.807, 2.05) is 12.1 Å². The Hall–Kier alpha value is -1.11. The number of hydrogen-bond acceptors (Lipinski definition) is 5. The maximum absolute atomic E-state index is 11.7. The van der Waals surface area contributed by atoms with Crippen molar-refractivity contribution in [3.05, 3.63) is 29.8 Å². The zero-order valence-corrected chi connectivity index (χ0v) is 14.3. The third kappa shape index (κ3) is 4.05. The van der Waals surface area contributed by atoms with Crippen molar-refractivity contribution in [1.29, 1.82) is 0 Å². The number of benzene rings is 1. The lowest BCUT2D eigenvalue weighted by Gasteiger charge is -2.36. The fourth-order valence-electron chi connectivity index (χ4n) is 3.74. The normalized spacial score (nSPS) is 28.8. The number of rotatable bonds is 4. The molecule has 2 fully saturated rings. The van der Waals surface area contributed by atoms with Gasteiger partial charge in [-0.3, -0.25) is 4.90 Å². The van der Waals surface area contributed by atoms with Crippen LogP contribution in [-0.4, -0.2) is 62.3 Å². The highest BCUT2D eigenvalue weighted by Gasteiger charge is 2.40. The topological polar surface area (TPSA) is 66.8 Å². The summed E-state index contributed by atoms with van der Waals surface area (Å²) in [6, 6.07) is 7.99. The van der Waals surface area contributed by atoms with Crippen LogP contribution in [0.5, 0.6) is 5.75 Å². The molecule has 5 nitrogen and oxygen atoms in total. The van der Waals surface area contributed by atoms with Crippen molar-refractivity contribution < 1.29 is 18.3 Å². The highest BCUT2D eigenvalue weighted by Crippen LogP contribution is 2.27. The van der Waals surface area contributed by atoms with Crippen molar-refractivity contribution in [1.82, 2.24) is 4.90 Å². The number of nitrogens with zero attached hydrogens (tertiary/aromatic N) is 1. The number of likely N-dealkylation sites (tertiary alicyclic amines) is 1. The molecule has 0 spiro atoms. The van der Waals surface area contributed by atoms with Crippen molar-refractivity contribution in [3.8, 4) is 5.75 Å². The highest BCUT2D eigenvalue weighted by molar-refractivity contribution is 7.91. The van der Waals surface area contributed by atoms with Gasteiger partial charge in [0.15, 0.2) is 9.84 Å². The molecule has 0 aliphatic carbocycles. The molecule has 2 aliphatic heterocycles. The summed E-state index contributed by atoms with van der Waals surface area (Å²) in [7, 11) is -1.40. The average molecular weight is 339 g/mol. The van der Waals surface area contributed by atoms with E-state index in [1.54, 1.807) is 7.11 Å². The van der Waals surface area contributed by atoms with Gasteiger partial charge in [0, 0.05) is 0 Å². The van der Waals surface area contributed by atoms with E-state index in [1.165, 1.54) is 5.56 Å². The molecule has 2 aliphatic rings. The Labute approximate surface area is 138 Å². The van der Waals surface area contributed by atoms with Gasteiger partial charge in [0.05, 0.1) is 30.8 Å². The molecule has 2 saturated heterocycles. The van der Waals surface area contributed by atoms with Crippen LogP contribution in [0.3, 0.4) is 0 Å². The van der Waals surface area contributed by atoms with E-state index in [0.717, 1.165) is 38.1 Å². The zero-order chi connectivity index (χ0) is 16.4. The number of methoxy groups -OCH3 is 1. The summed E-state index contributed by atoms with van der Waals surface area (Å²) in [5.74, 6) is 1.52. The van der Waals surface area contributed by atoms with Crippen LogP contribution in [-0.2, 0) is 16.3 Å². The maximum atomic E-state index is 11.7. The molecular weight excluding hydrogens is 314 g/mol. The first kappa shape index (κ1) is 16.7. The summed E-state index contributed by atoms with van der Waals surface area (Å²) in [4.78, 5) is 2.17. The second-order valence-corrected chi connectivity index (χ2v) is 8.90. The number of aliphatic hydroxyl groups is 1. The van der Waals surface area contributed by atoms with Gasteiger partial charge in [-0.05, 0) is 56.0 Å². The lowest BCUT2D eigenvalue weighted by atomic mass is 9.89. The van der Waals surface area contributed by atoms with Gasteiger partial charge in [-0.2, -0.15) is 0 Å². The summed E-state index contributed by atoms with van der Waals surface area (Å²) in [5.41, 5.74) is 1.31. The number of hydrogen-bond donors (Lipinski definition) is 1. The fraction of sp³-hybridized carbons (Fsp3) is 0.647. The summed E-state index contributed by atoms with van der Waals surface area (Å²) in [5, 5.41) is 9.99. The molecule has 1 N–H and O–H groups in total. The minimum atomic E-state index is -3.07. The van der Waals surface area contributed by atoms with E-state index in [0.29, 0.717) is 5.92 Å². The molecular formula is C17H25NO4S. The summed E-state index contributed by atoms with van der Waals surface area (Å²) >= 11 is 0. The van der Waals surface area contributed by atoms with E-state index in [9.17, 15) is 13.5 Å². The zero-order valence-electron chi connectivity index (χ0n) is 13.5. The average Bonchev–Trinajstić information content (AvgIpc) is 2.82. The molecule has 1 aromatic carbocycles. The second-order valence-electron chi connectivity index (χ2n) is 6.74. The van der Waals surface area contributed by atoms with E-state index in [4.69, 9.17) is 4.74 Å². The van der Waals surface area contributed by atoms with Crippen LogP contribution in [0, 0.1) is 5.92 Å². The third-order valence-electron chi connectivity index (χ3n) is 5.10. The van der Waals surface area contributed by atoms with Gasteiger partial charge in [-0.25, -0.2) is 8.42 Å². The van der Waals surface area contributed by atoms with Gasteiger partial charge in [0.1, 0.15) is 5.75 Å². The van der Waals surface area contributed by atoms with Crippen LogP contribution in [0.1, 0.15) is 18.4 Å². The van der Waals surface area contributed by atoms with E-state index >= 15 is 0 Å². The third-order valence-corrected chi connectivity index (χ3v) is 6.79. The molecule has 1 aromatic rings. The minimum absolute atomic E-state index is 0.0799. The second kappa shape index (κ2) is 6.79. The summed E-state index contributed by atoms with van der Waals surface area (Å²) in [6.07, 6.45) is 2.42. The Bertz CT molecular complexity index is 620. The molecule has 0 amide bonds. The Morgan fingerprint density at radius 2 is 1.83 bits per heavy atom. The number of ether oxygens (including phenoxy) is 1. The first-order valence-corrected chi connectivity index (χ1v) is 10.0. The quantitative estimate of drug-likeness (QED) is 0.890. The van der Waals surface area contributed by atoms with Gasteiger partial charge in [-0.1, -0.05) is 12.1 Å². The van der Waals surface area contributed by atoms with Gasteiger partial charge in [0.25, 0.3) is 0 Å². The van der Waals surface area contributed by atoms with E-state index < -0.39 is 15.9 Å². The van der Waals surface area contributed by atoms with Crippen LogP contribution in [0.2, 0.25) is 0 Å². The van der Waals surface area contributed by atoms with Gasteiger partial charge < -0.3 is 9.84 Å². The summed E-state index contributed by atoms with van der Waals surface area (Å²) in [6.45, 7) is 1.75. The molecule has 128 valence electrons. The number of sulfone groups is 1. The Kier molecular flexibility index (Phi) is 4.94. The van der Waals surface area contributed by atoms with Gasteiger partial charge in [-0.15, -0.1) is 0 Å². The number of aliphatic hydroxyl groups excluding tert-OH is 1. The monoisotopic (exact) mass is 339 g/mol. The van der Waals surface area contributed by atoms with Crippen LogP contribution in [0.15, 0.2) is 24.3 Å². The largest absolute Gasteiger partial charge is 0.497 e. The molecule has 0 unspecified atom stereocenters. The van der Waals surface area contributed by atoms with E-state index in [2.05, 4.69) is 17.0 Å². The van der Waals surface area contributed by atoms with Crippen molar-refractivity contribution in [2.45, 2.75) is 31.4 Å². The Balaban J connectivity index is 1.52. The first-order valence-electron chi connectivity index (χ1n) is 8.22. The molecule has 0 saturated carbocycles. The number of piperidine rings is 1. The molecule has 0 radical (unpaired) electrons. The van der Waals surface area contributed by atoms with Crippen LogP contribution >= 0.6 is 0 Å². The SMILES string of the molecule is COc1ccc(CC2CCN([C@@H]3CS(=O)(=O)C[C@@H]3O)CC2)cc1. The lowest BCUT2D eigenvalue weighted by molar-refractivity contribution is 0.0587. The maximum Gasteiger partial charge on any atom is 0.154 e. The van der Waals surface area contributed by atoms with Crippen molar-refractivity contribution in [2.24, 2.45) is 5.92 Å². The molecule has 2 atom stereocenters. The molecule has 0 aromatic heterocycles. The first-order chi connectivity index (χ1) is 11.0. The predicted octanol–water partition coefficient (Wildman–Crippen LogP) is 1.11. The van der Waals surface area contributed by atoms with Crippen LogP contribution in [0.4, 0.5) is 0 Å². The van der Waals surface area contributed by atoms with Crippen molar-refractivity contribution in [2.75, 3.05) is 31.7 Å². The molecule has 6 heteroatoms. The minimum Gasteiger partial charge on any atom is -0.497 e. The lowest BCUT2D eigenvalue weighted by Crippen LogP contribution is -2.47. The van der Waals surface area contributed by atoms with Crippen LogP contribution in [0.25, 0.3) is 0 Å². The van der Waals surface area contributed by atoms with Crippen molar-refractivity contribution >= 4 is 9.84 Å². The Morgan fingerprint density at radius 3 is 2.35 bits per heavy atom. The smallest absolute Gasteiger partial charge is 0.154 e. The van der Waals surface area contributed by atoms with Gasteiger partial charge >= 0.3 is 0 Å². The molecule has 0 bridgehead atoms. The highest BCUT2D eigenvalue weighted by atomic mass is 32.2. The molecule has 2 heterocycles. The predicted molar refractivity (Wildman–Crippen MR) is 89.4 cm³/mol. The standard InChI is InChI=1S/C17H25NO4S/c1-22-15-4-2-13(3-5-15)10-14-6-8-18(9-7-14)16-11-23(20,21)12-17(16)19/h2-5,14,16-17,19H,6-12H2,1H3/t16-,17+/m1/s1. The molecule has 3 rings (SSSR count). The fourth-order valence-corrected chi connectivity index (χ4v) is 5.57. The van der Waals surface area contributed by atoms with Crippen molar-refractivity contribution in [3.63, 3.8) is 0 Å². The van der Waals surface area contributed by atoms with Crippen LogP contribution < -0.4 is 4.74 Å². The van der Waals surface area contributed by atoms with E-state index in [-0.39, 0.29) is 17.5 Å². The Morgan fingerprint density at radius 1 is 1.17 bits per heavy atom. The van der Waals surface area contributed by atoms with Gasteiger partial charge in [0.2, 0.25) is 0 Å². The summed E-state index contributed by atoms with van der Waals surface area (Å²) < 4.78 is 28.5. The molecule has 23 heavy (non-hydrogen) atoms.